The van der Waals surface area contributed by atoms with Crippen LogP contribution in [-0.4, -0.2) is 13.2 Å². The summed E-state index contributed by atoms with van der Waals surface area (Å²) in [7, 11) is 1.49. The maximum atomic E-state index is 14.0. The van der Waals surface area contributed by atoms with E-state index in [9.17, 15) is 4.39 Å². The van der Waals surface area contributed by atoms with E-state index in [0.717, 1.165) is 12.3 Å². The Bertz CT molecular complexity index is 402. The molecular formula is C16H24FNO. The number of ether oxygens (including phenoxy) is 1. The SMILES string of the molecule is COc1cccc(CC(N)CC2CCCCC2)c1F. The Hall–Kier alpha value is -1.09. The molecule has 0 heterocycles. The van der Waals surface area contributed by atoms with Crippen LogP contribution in [0.25, 0.3) is 0 Å². The van der Waals surface area contributed by atoms with E-state index in [1.165, 1.54) is 39.2 Å². The van der Waals surface area contributed by atoms with Crippen molar-refractivity contribution in [3.05, 3.63) is 29.6 Å². The van der Waals surface area contributed by atoms with Gasteiger partial charge in [0.05, 0.1) is 7.11 Å². The van der Waals surface area contributed by atoms with E-state index in [0.29, 0.717) is 17.7 Å². The average Bonchev–Trinajstić information content (AvgIpc) is 2.42. The minimum Gasteiger partial charge on any atom is -0.494 e. The molecule has 2 rings (SSSR count). The molecule has 0 aliphatic heterocycles. The normalized spacial score (nSPS) is 18.3. The number of nitrogens with two attached hydrogens (primary N) is 1. The van der Waals surface area contributed by atoms with Crippen LogP contribution >= 0.6 is 0 Å². The Kier molecular flexibility index (Phi) is 5.20. The van der Waals surface area contributed by atoms with Crippen molar-refractivity contribution in [2.75, 3.05) is 7.11 Å². The molecule has 1 aliphatic carbocycles. The van der Waals surface area contributed by atoms with Crippen LogP contribution in [-0.2, 0) is 6.42 Å². The van der Waals surface area contributed by atoms with Crippen LogP contribution in [0.1, 0.15) is 44.1 Å². The Balaban J connectivity index is 1.92. The van der Waals surface area contributed by atoms with Crippen LogP contribution in [0.4, 0.5) is 4.39 Å². The first kappa shape index (κ1) is 14.3. The Morgan fingerprint density at radius 2 is 2.05 bits per heavy atom. The van der Waals surface area contributed by atoms with Gasteiger partial charge < -0.3 is 10.5 Å². The minimum absolute atomic E-state index is 0.0460. The molecule has 1 aliphatic rings. The highest BCUT2D eigenvalue weighted by Gasteiger charge is 2.18. The van der Waals surface area contributed by atoms with Crippen LogP contribution in [0.3, 0.4) is 0 Å². The van der Waals surface area contributed by atoms with Crippen molar-refractivity contribution in [3.8, 4) is 5.75 Å². The quantitative estimate of drug-likeness (QED) is 0.881. The predicted molar refractivity (Wildman–Crippen MR) is 75.8 cm³/mol. The molecule has 2 nitrogen and oxygen atoms in total. The molecule has 1 aromatic carbocycles. The molecule has 0 bridgehead atoms. The first-order valence-corrected chi connectivity index (χ1v) is 7.27. The lowest BCUT2D eigenvalue weighted by molar-refractivity contribution is 0.315. The maximum absolute atomic E-state index is 14.0. The summed E-state index contributed by atoms with van der Waals surface area (Å²) in [5.41, 5.74) is 6.86. The van der Waals surface area contributed by atoms with Gasteiger partial charge in [-0.2, -0.15) is 0 Å². The van der Waals surface area contributed by atoms with Gasteiger partial charge in [0.2, 0.25) is 0 Å². The number of hydrogen-bond donors (Lipinski definition) is 1. The first-order valence-electron chi connectivity index (χ1n) is 7.27. The number of halogens is 1. The molecule has 0 aromatic heterocycles. The van der Waals surface area contributed by atoms with Gasteiger partial charge in [-0.25, -0.2) is 4.39 Å². The molecule has 1 aromatic rings. The zero-order valence-corrected chi connectivity index (χ0v) is 11.7. The lowest BCUT2D eigenvalue weighted by Crippen LogP contribution is -2.27. The average molecular weight is 265 g/mol. The third kappa shape index (κ3) is 3.93. The highest BCUT2D eigenvalue weighted by molar-refractivity contribution is 5.31. The molecule has 1 unspecified atom stereocenters. The second-order valence-corrected chi connectivity index (χ2v) is 5.64. The number of methoxy groups -OCH3 is 1. The summed E-state index contributed by atoms with van der Waals surface area (Å²) in [5.74, 6) is 0.781. The lowest BCUT2D eigenvalue weighted by Gasteiger charge is -2.24. The molecule has 2 N–H and O–H groups in total. The van der Waals surface area contributed by atoms with Crippen LogP contribution in [0.5, 0.6) is 5.75 Å². The molecule has 0 saturated heterocycles. The number of benzene rings is 1. The van der Waals surface area contributed by atoms with Gasteiger partial charge in [-0.15, -0.1) is 0 Å². The first-order chi connectivity index (χ1) is 9.20. The molecule has 0 amide bonds. The monoisotopic (exact) mass is 265 g/mol. The van der Waals surface area contributed by atoms with Crippen molar-refractivity contribution < 1.29 is 9.13 Å². The smallest absolute Gasteiger partial charge is 0.168 e. The van der Waals surface area contributed by atoms with Gasteiger partial charge in [0.15, 0.2) is 11.6 Å². The van der Waals surface area contributed by atoms with E-state index < -0.39 is 0 Å². The third-order valence-corrected chi connectivity index (χ3v) is 4.11. The molecular weight excluding hydrogens is 241 g/mol. The van der Waals surface area contributed by atoms with Gasteiger partial charge in [-0.1, -0.05) is 44.2 Å². The van der Waals surface area contributed by atoms with Crippen molar-refractivity contribution in [1.82, 2.24) is 0 Å². The maximum Gasteiger partial charge on any atom is 0.168 e. The van der Waals surface area contributed by atoms with Gasteiger partial charge >= 0.3 is 0 Å². The molecule has 106 valence electrons. The summed E-state index contributed by atoms with van der Waals surface area (Å²) in [6.07, 6.45) is 8.19. The molecule has 19 heavy (non-hydrogen) atoms. The van der Waals surface area contributed by atoms with Crippen molar-refractivity contribution >= 4 is 0 Å². The van der Waals surface area contributed by atoms with Crippen molar-refractivity contribution in [1.29, 1.82) is 0 Å². The number of hydrogen-bond acceptors (Lipinski definition) is 2. The summed E-state index contributed by atoms with van der Waals surface area (Å²) < 4.78 is 19.0. The van der Waals surface area contributed by atoms with Crippen LogP contribution in [0.2, 0.25) is 0 Å². The van der Waals surface area contributed by atoms with Crippen LogP contribution in [0, 0.1) is 11.7 Å². The minimum atomic E-state index is -0.260. The van der Waals surface area contributed by atoms with E-state index in [1.54, 1.807) is 12.1 Å². The fourth-order valence-corrected chi connectivity index (χ4v) is 3.09. The van der Waals surface area contributed by atoms with E-state index in [-0.39, 0.29) is 11.9 Å². The van der Waals surface area contributed by atoms with Crippen LogP contribution < -0.4 is 10.5 Å². The largest absolute Gasteiger partial charge is 0.494 e. The van der Waals surface area contributed by atoms with E-state index in [1.807, 2.05) is 6.07 Å². The zero-order valence-electron chi connectivity index (χ0n) is 11.7. The lowest BCUT2D eigenvalue weighted by atomic mass is 9.84. The molecule has 1 atom stereocenters. The summed E-state index contributed by atoms with van der Waals surface area (Å²) in [4.78, 5) is 0. The third-order valence-electron chi connectivity index (χ3n) is 4.11. The van der Waals surface area contributed by atoms with Crippen molar-refractivity contribution in [2.45, 2.75) is 51.0 Å². The van der Waals surface area contributed by atoms with Crippen molar-refractivity contribution in [3.63, 3.8) is 0 Å². The highest BCUT2D eigenvalue weighted by atomic mass is 19.1. The van der Waals surface area contributed by atoms with Crippen LogP contribution in [0.15, 0.2) is 18.2 Å². The summed E-state index contributed by atoms with van der Waals surface area (Å²) >= 11 is 0. The topological polar surface area (TPSA) is 35.2 Å². The summed E-state index contributed by atoms with van der Waals surface area (Å²) in [6.45, 7) is 0. The Morgan fingerprint density at radius 1 is 1.32 bits per heavy atom. The second-order valence-electron chi connectivity index (χ2n) is 5.64. The fourth-order valence-electron chi connectivity index (χ4n) is 3.09. The highest BCUT2D eigenvalue weighted by Crippen LogP contribution is 2.28. The van der Waals surface area contributed by atoms with E-state index in [2.05, 4.69) is 0 Å². The molecule has 1 saturated carbocycles. The Labute approximate surface area is 115 Å². The molecule has 0 radical (unpaired) electrons. The standard InChI is InChI=1S/C16H24FNO/c1-19-15-9-5-8-13(16(15)17)11-14(18)10-12-6-3-2-4-7-12/h5,8-9,12,14H,2-4,6-7,10-11,18H2,1H3. The van der Waals surface area contributed by atoms with Gasteiger partial charge in [0, 0.05) is 6.04 Å². The van der Waals surface area contributed by atoms with Gasteiger partial charge in [0.25, 0.3) is 0 Å². The zero-order chi connectivity index (χ0) is 13.7. The van der Waals surface area contributed by atoms with Gasteiger partial charge in [-0.05, 0) is 30.4 Å². The van der Waals surface area contributed by atoms with Crippen molar-refractivity contribution in [2.24, 2.45) is 11.7 Å². The fraction of sp³-hybridized carbons (Fsp3) is 0.625. The summed E-state index contributed by atoms with van der Waals surface area (Å²) in [5, 5.41) is 0. The molecule has 3 heteroatoms. The Morgan fingerprint density at radius 3 is 2.74 bits per heavy atom. The molecule has 1 fully saturated rings. The van der Waals surface area contributed by atoms with E-state index >= 15 is 0 Å². The number of rotatable bonds is 5. The predicted octanol–water partition coefficient (Wildman–Crippen LogP) is 3.67. The van der Waals surface area contributed by atoms with Gasteiger partial charge in [0.1, 0.15) is 0 Å². The second kappa shape index (κ2) is 6.90. The molecule has 0 spiro atoms. The summed E-state index contributed by atoms with van der Waals surface area (Å²) in [6, 6.07) is 5.32. The van der Waals surface area contributed by atoms with E-state index in [4.69, 9.17) is 10.5 Å². The van der Waals surface area contributed by atoms with Gasteiger partial charge in [-0.3, -0.25) is 0 Å².